The molecule has 0 radical (unpaired) electrons. The van der Waals surface area contributed by atoms with Gasteiger partial charge in [-0.15, -0.1) is 0 Å². The first-order chi connectivity index (χ1) is 7.36. The summed E-state index contributed by atoms with van der Waals surface area (Å²) in [7, 11) is 0. The van der Waals surface area contributed by atoms with Crippen LogP contribution in [0.1, 0.15) is 9.74 Å². The van der Waals surface area contributed by atoms with Crippen molar-refractivity contribution < 1.29 is 0 Å². The lowest BCUT2D eigenvalue weighted by atomic mass is 10.3. The van der Waals surface area contributed by atoms with Crippen molar-refractivity contribution in [3.05, 3.63) is 60.4 Å². The fourth-order valence-electron chi connectivity index (χ4n) is 1.28. The first-order valence-electron chi connectivity index (χ1n) is 4.73. The Kier molecular flexibility index (Phi) is 3.55. The van der Waals surface area contributed by atoms with Crippen LogP contribution in [0, 0.1) is 0 Å². The molecule has 0 bridgehead atoms. The smallest absolute Gasteiger partial charge is 0.121 e. The molecule has 15 heavy (non-hydrogen) atoms. The summed E-state index contributed by atoms with van der Waals surface area (Å²) in [5, 5.41) is 3.38. The van der Waals surface area contributed by atoms with E-state index in [1.807, 2.05) is 42.6 Å². The van der Waals surface area contributed by atoms with E-state index in [9.17, 15) is 0 Å². The minimum absolute atomic E-state index is 0.200. The highest BCUT2D eigenvalue weighted by Gasteiger charge is 2.06. The third-order valence-electron chi connectivity index (χ3n) is 2.01. The number of pyridine rings is 1. The van der Waals surface area contributed by atoms with Crippen LogP contribution < -0.4 is 5.32 Å². The van der Waals surface area contributed by atoms with E-state index in [1.165, 1.54) is 0 Å². The molecule has 1 N–H and O–H groups in total. The number of aromatic nitrogens is 1. The van der Waals surface area contributed by atoms with Crippen LogP contribution in [0.15, 0.2) is 54.7 Å². The monoisotopic (exact) mass is 310 g/mol. The number of para-hydroxylation sites is 1. The molecule has 0 saturated heterocycles. The van der Waals surface area contributed by atoms with Gasteiger partial charge in [0, 0.05) is 11.9 Å². The average Bonchev–Trinajstić information content (AvgIpc) is 2.31. The molecular weight excluding hydrogens is 299 g/mol. The molecule has 3 heteroatoms. The maximum absolute atomic E-state index is 4.30. The van der Waals surface area contributed by atoms with Gasteiger partial charge in [-0.2, -0.15) is 0 Å². The lowest BCUT2D eigenvalue weighted by molar-refractivity contribution is 1.05. The van der Waals surface area contributed by atoms with Gasteiger partial charge in [-0.3, -0.25) is 4.98 Å². The minimum Gasteiger partial charge on any atom is -0.368 e. The Labute approximate surface area is 103 Å². The van der Waals surface area contributed by atoms with Gasteiger partial charge in [-0.05, 0) is 24.3 Å². The molecule has 2 aromatic rings. The molecule has 0 aliphatic carbocycles. The first-order valence-corrected chi connectivity index (χ1v) is 5.97. The van der Waals surface area contributed by atoms with Crippen LogP contribution in [-0.4, -0.2) is 4.98 Å². The Morgan fingerprint density at radius 2 is 1.73 bits per heavy atom. The summed E-state index contributed by atoms with van der Waals surface area (Å²) in [6.45, 7) is 0. The van der Waals surface area contributed by atoms with Crippen molar-refractivity contribution in [1.82, 2.24) is 4.98 Å². The molecule has 1 aromatic carbocycles. The highest BCUT2D eigenvalue weighted by molar-refractivity contribution is 14.1. The third-order valence-corrected chi connectivity index (χ3v) is 2.96. The van der Waals surface area contributed by atoms with Crippen LogP contribution in [0.25, 0.3) is 0 Å². The highest BCUT2D eigenvalue weighted by Crippen LogP contribution is 2.23. The van der Waals surface area contributed by atoms with Crippen LogP contribution >= 0.6 is 22.6 Å². The van der Waals surface area contributed by atoms with E-state index in [2.05, 4.69) is 45.0 Å². The van der Waals surface area contributed by atoms with Gasteiger partial charge in [0.1, 0.15) is 4.05 Å². The van der Waals surface area contributed by atoms with Crippen molar-refractivity contribution in [2.45, 2.75) is 4.05 Å². The zero-order valence-corrected chi connectivity index (χ0v) is 10.3. The molecule has 2 nitrogen and oxygen atoms in total. The molecule has 0 spiro atoms. The van der Waals surface area contributed by atoms with E-state index in [-0.39, 0.29) is 4.05 Å². The number of benzene rings is 1. The second kappa shape index (κ2) is 5.11. The number of alkyl halides is 1. The van der Waals surface area contributed by atoms with Gasteiger partial charge in [0.2, 0.25) is 0 Å². The number of hydrogen-bond acceptors (Lipinski definition) is 2. The van der Waals surface area contributed by atoms with E-state index in [0.29, 0.717) is 0 Å². The molecule has 0 aliphatic rings. The van der Waals surface area contributed by atoms with Gasteiger partial charge >= 0.3 is 0 Å². The van der Waals surface area contributed by atoms with Crippen molar-refractivity contribution >= 4 is 28.3 Å². The van der Waals surface area contributed by atoms with Crippen molar-refractivity contribution in [2.24, 2.45) is 0 Å². The molecule has 1 atom stereocenters. The van der Waals surface area contributed by atoms with Crippen molar-refractivity contribution in [3.63, 3.8) is 0 Å². The van der Waals surface area contributed by atoms with Crippen LogP contribution in [0.2, 0.25) is 0 Å². The van der Waals surface area contributed by atoms with E-state index < -0.39 is 0 Å². The maximum Gasteiger partial charge on any atom is 0.121 e. The standard InChI is InChI=1S/C12H11IN2/c13-12(11-8-4-5-9-14-11)15-10-6-2-1-3-7-10/h1-9,12,15H. The number of nitrogens with zero attached hydrogens (tertiary/aromatic N) is 1. The van der Waals surface area contributed by atoms with Gasteiger partial charge < -0.3 is 5.32 Å². The minimum atomic E-state index is 0.200. The SMILES string of the molecule is IC(Nc1ccccc1)c1ccccn1. The van der Waals surface area contributed by atoms with Gasteiger partial charge in [0.05, 0.1) is 5.69 Å². The maximum atomic E-state index is 4.30. The second-order valence-corrected chi connectivity index (χ2v) is 4.37. The zero-order chi connectivity index (χ0) is 10.5. The van der Waals surface area contributed by atoms with Crippen LogP contribution in [-0.2, 0) is 0 Å². The second-order valence-electron chi connectivity index (χ2n) is 3.13. The topological polar surface area (TPSA) is 24.9 Å². The summed E-state index contributed by atoms with van der Waals surface area (Å²) in [6.07, 6.45) is 1.81. The summed E-state index contributed by atoms with van der Waals surface area (Å²) in [4.78, 5) is 4.30. The fourth-order valence-corrected chi connectivity index (χ4v) is 2.01. The average molecular weight is 310 g/mol. The molecule has 0 amide bonds. The number of rotatable bonds is 3. The Morgan fingerprint density at radius 1 is 1.00 bits per heavy atom. The van der Waals surface area contributed by atoms with Crippen LogP contribution in [0.5, 0.6) is 0 Å². The molecule has 76 valence electrons. The summed E-state index contributed by atoms with van der Waals surface area (Å²) in [5.74, 6) is 0. The first kappa shape index (κ1) is 10.4. The zero-order valence-electron chi connectivity index (χ0n) is 8.10. The van der Waals surface area contributed by atoms with Gasteiger partial charge in [0.15, 0.2) is 0 Å². The molecule has 0 saturated carbocycles. The highest BCUT2D eigenvalue weighted by atomic mass is 127. The lowest BCUT2D eigenvalue weighted by Gasteiger charge is -2.12. The van der Waals surface area contributed by atoms with Gasteiger partial charge in [-0.1, -0.05) is 46.9 Å². The normalized spacial score (nSPS) is 12.1. The Hall–Kier alpha value is -1.10. The molecule has 1 aromatic heterocycles. The summed E-state index contributed by atoms with van der Waals surface area (Å²) >= 11 is 2.34. The van der Waals surface area contributed by atoms with Gasteiger partial charge in [0.25, 0.3) is 0 Å². The summed E-state index contributed by atoms with van der Waals surface area (Å²) in [6, 6.07) is 16.1. The molecule has 0 fully saturated rings. The van der Waals surface area contributed by atoms with E-state index in [0.717, 1.165) is 11.4 Å². The number of halogens is 1. The predicted molar refractivity (Wildman–Crippen MR) is 71.1 cm³/mol. The van der Waals surface area contributed by atoms with Crippen molar-refractivity contribution in [1.29, 1.82) is 0 Å². The Bertz CT molecular complexity index is 402. The van der Waals surface area contributed by atoms with E-state index >= 15 is 0 Å². The Morgan fingerprint density at radius 3 is 2.40 bits per heavy atom. The van der Waals surface area contributed by atoms with Crippen molar-refractivity contribution in [3.8, 4) is 0 Å². The lowest BCUT2D eigenvalue weighted by Crippen LogP contribution is -2.04. The number of nitrogens with one attached hydrogen (secondary N) is 1. The van der Waals surface area contributed by atoms with Gasteiger partial charge in [-0.25, -0.2) is 0 Å². The van der Waals surface area contributed by atoms with Crippen LogP contribution in [0.3, 0.4) is 0 Å². The largest absolute Gasteiger partial charge is 0.368 e. The van der Waals surface area contributed by atoms with Crippen LogP contribution in [0.4, 0.5) is 5.69 Å². The van der Waals surface area contributed by atoms with E-state index in [1.54, 1.807) is 0 Å². The molecule has 2 rings (SSSR count). The molecular formula is C12H11IN2. The quantitative estimate of drug-likeness (QED) is 0.532. The molecule has 0 aliphatic heterocycles. The van der Waals surface area contributed by atoms with E-state index in [4.69, 9.17) is 0 Å². The number of anilines is 1. The molecule has 1 heterocycles. The summed E-state index contributed by atoms with van der Waals surface area (Å²) in [5.41, 5.74) is 2.16. The fraction of sp³-hybridized carbons (Fsp3) is 0.0833. The number of hydrogen-bond donors (Lipinski definition) is 1. The molecule has 1 unspecified atom stereocenters. The predicted octanol–water partition coefficient (Wildman–Crippen LogP) is 3.63. The third kappa shape index (κ3) is 2.92. The van der Waals surface area contributed by atoms with Crippen molar-refractivity contribution in [2.75, 3.05) is 5.32 Å². The Balaban J connectivity index is 2.08. The summed E-state index contributed by atoms with van der Waals surface area (Å²) < 4.78 is 0.200.